The van der Waals surface area contributed by atoms with Crippen molar-refractivity contribution in [2.75, 3.05) is 11.9 Å². The number of anilines is 1. The zero-order valence-electron chi connectivity index (χ0n) is 13.8. The zero-order valence-corrected chi connectivity index (χ0v) is 14.6. The summed E-state index contributed by atoms with van der Waals surface area (Å²) >= 11 is 1.59. The van der Waals surface area contributed by atoms with Gasteiger partial charge < -0.3 is 10.6 Å². The molecule has 0 radical (unpaired) electrons. The van der Waals surface area contributed by atoms with Gasteiger partial charge in [0, 0.05) is 4.88 Å². The molecular weight excluding hydrogens is 335 g/mol. The fourth-order valence-corrected chi connectivity index (χ4v) is 3.33. The van der Waals surface area contributed by atoms with Crippen molar-refractivity contribution in [1.82, 2.24) is 5.32 Å². The Morgan fingerprint density at radius 3 is 2.52 bits per heavy atom. The van der Waals surface area contributed by atoms with Gasteiger partial charge in [-0.05, 0) is 36.1 Å². The molecule has 0 aliphatic heterocycles. The summed E-state index contributed by atoms with van der Waals surface area (Å²) in [5.74, 6) is -0.564. The highest BCUT2D eigenvalue weighted by Crippen LogP contribution is 2.26. The van der Waals surface area contributed by atoms with Gasteiger partial charge in [0.25, 0.3) is 0 Å². The van der Waals surface area contributed by atoms with E-state index in [9.17, 15) is 9.18 Å². The third-order valence-electron chi connectivity index (χ3n) is 3.86. The van der Waals surface area contributed by atoms with E-state index >= 15 is 0 Å². The number of carbonyl (C=O) groups is 1. The molecule has 1 amide bonds. The summed E-state index contributed by atoms with van der Waals surface area (Å²) in [6.45, 7) is 2.04. The fraction of sp³-hybridized carbons (Fsp3) is 0.150. The summed E-state index contributed by atoms with van der Waals surface area (Å²) in [7, 11) is 0. The molecule has 0 aliphatic rings. The number of halogens is 1. The molecule has 1 atom stereocenters. The van der Waals surface area contributed by atoms with Crippen LogP contribution in [-0.2, 0) is 4.79 Å². The van der Waals surface area contributed by atoms with Crippen molar-refractivity contribution in [1.29, 1.82) is 0 Å². The maximum Gasteiger partial charge on any atom is 0.240 e. The summed E-state index contributed by atoms with van der Waals surface area (Å²) in [4.78, 5) is 13.4. The van der Waals surface area contributed by atoms with E-state index in [1.807, 2.05) is 48.7 Å². The van der Waals surface area contributed by atoms with Crippen molar-refractivity contribution >= 4 is 22.9 Å². The summed E-state index contributed by atoms with van der Waals surface area (Å²) in [6.07, 6.45) is 0. The number of hydrogen-bond donors (Lipinski definition) is 2. The minimum atomic E-state index is -0.372. The SMILES string of the molecule is Cc1ccc(C(NC(=O)CNc2ccccc2F)c2cccs2)cc1. The highest BCUT2D eigenvalue weighted by molar-refractivity contribution is 7.10. The van der Waals surface area contributed by atoms with E-state index in [1.54, 1.807) is 29.5 Å². The maximum absolute atomic E-state index is 13.6. The number of benzene rings is 2. The molecule has 2 aromatic carbocycles. The van der Waals surface area contributed by atoms with Gasteiger partial charge in [0.2, 0.25) is 5.91 Å². The molecule has 0 aliphatic carbocycles. The number of hydrogen-bond acceptors (Lipinski definition) is 3. The Morgan fingerprint density at radius 1 is 1.08 bits per heavy atom. The Balaban J connectivity index is 1.71. The van der Waals surface area contributed by atoms with E-state index in [1.165, 1.54) is 11.6 Å². The lowest BCUT2D eigenvalue weighted by molar-refractivity contribution is -0.119. The average molecular weight is 354 g/mol. The molecule has 0 fully saturated rings. The van der Waals surface area contributed by atoms with Crippen LogP contribution in [0.4, 0.5) is 10.1 Å². The predicted octanol–water partition coefficient (Wildman–Crippen LogP) is 4.51. The molecule has 5 heteroatoms. The molecule has 0 spiro atoms. The van der Waals surface area contributed by atoms with Gasteiger partial charge in [-0.3, -0.25) is 4.79 Å². The molecule has 25 heavy (non-hydrogen) atoms. The van der Waals surface area contributed by atoms with E-state index in [4.69, 9.17) is 0 Å². The van der Waals surface area contributed by atoms with Crippen LogP contribution < -0.4 is 10.6 Å². The number of carbonyl (C=O) groups excluding carboxylic acids is 1. The minimum Gasteiger partial charge on any atom is -0.374 e. The first kappa shape index (κ1) is 17.2. The van der Waals surface area contributed by atoms with Crippen LogP contribution in [0.2, 0.25) is 0 Å². The van der Waals surface area contributed by atoms with E-state index in [0.717, 1.165) is 10.4 Å². The third kappa shape index (κ3) is 4.45. The van der Waals surface area contributed by atoms with E-state index in [2.05, 4.69) is 10.6 Å². The van der Waals surface area contributed by atoms with Crippen LogP contribution in [0.3, 0.4) is 0 Å². The van der Waals surface area contributed by atoms with Crippen molar-refractivity contribution in [2.45, 2.75) is 13.0 Å². The molecule has 3 rings (SSSR count). The van der Waals surface area contributed by atoms with Crippen LogP contribution in [-0.4, -0.2) is 12.5 Å². The number of para-hydroxylation sites is 1. The Kier molecular flexibility index (Phi) is 5.46. The number of thiophene rings is 1. The quantitative estimate of drug-likeness (QED) is 0.684. The first-order valence-corrected chi connectivity index (χ1v) is 8.89. The third-order valence-corrected chi connectivity index (χ3v) is 4.79. The topological polar surface area (TPSA) is 41.1 Å². The molecule has 1 aromatic heterocycles. The molecule has 0 saturated heterocycles. The van der Waals surface area contributed by atoms with Crippen LogP contribution in [0.25, 0.3) is 0 Å². The number of nitrogens with one attached hydrogen (secondary N) is 2. The standard InChI is InChI=1S/C20H19FN2OS/c1-14-8-10-15(11-9-14)20(18-7-4-12-25-18)23-19(24)13-22-17-6-3-2-5-16(17)21/h2-12,20,22H,13H2,1H3,(H,23,24). The number of amides is 1. The number of aryl methyl sites for hydroxylation is 1. The Bertz CT molecular complexity index is 831. The van der Waals surface area contributed by atoms with Gasteiger partial charge >= 0.3 is 0 Å². The summed E-state index contributed by atoms with van der Waals surface area (Å²) in [5.41, 5.74) is 2.51. The summed E-state index contributed by atoms with van der Waals surface area (Å²) < 4.78 is 13.6. The van der Waals surface area contributed by atoms with Crippen LogP contribution >= 0.6 is 11.3 Å². The van der Waals surface area contributed by atoms with Gasteiger partial charge in [0.1, 0.15) is 5.82 Å². The first-order chi connectivity index (χ1) is 12.1. The summed E-state index contributed by atoms with van der Waals surface area (Å²) in [6, 6.07) is 18.2. The van der Waals surface area contributed by atoms with Crippen LogP contribution in [0.1, 0.15) is 22.0 Å². The van der Waals surface area contributed by atoms with E-state index < -0.39 is 0 Å². The highest BCUT2D eigenvalue weighted by Gasteiger charge is 2.17. The van der Waals surface area contributed by atoms with E-state index in [0.29, 0.717) is 5.69 Å². The van der Waals surface area contributed by atoms with Crippen LogP contribution in [0.15, 0.2) is 66.0 Å². The van der Waals surface area contributed by atoms with Gasteiger partial charge in [0.05, 0.1) is 18.3 Å². The van der Waals surface area contributed by atoms with Crippen LogP contribution in [0.5, 0.6) is 0 Å². The van der Waals surface area contributed by atoms with Gasteiger partial charge in [-0.1, -0.05) is 48.0 Å². The molecule has 3 aromatic rings. The van der Waals surface area contributed by atoms with Gasteiger partial charge in [-0.2, -0.15) is 0 Å². The molecular formula is C20H19FN2OS. The molecule has 2 N–H and O–H groups in total. The Morgan fingerprint density at radius 2 is 1.84 bits per heavy atom. The molecule has 1 unspecified atom stereocenters. The predicted molar refractivity (Wildman–Crippen MR) is 100 cm³/mol. The minimum absolute atomic E-state index is 0.00860. The zero-order chi connectivity index (χ0) is 17.6. The fourth-order valence-electron chi connectivity index (χ4n) is 2.53. The first-order valence-electron chi connectivity index (χ1n) is 8.01. The normalized spacial score (nSPS) is 11.8. The van der Waals surface area contributed by atoms with Crippen molar-refractivity contribution in [2.24, 2.45) is 0 Å². The second kappa shape index (κ2) is 7.94. The molecule has 128 valence electrons. The van der Waals surface area contributed by atoms with Gasteiger partial charge in [-0.15, -0.1) is 11.3 Å². The second-order valence-corrected chi connectivity index (χ2v) is 6.74. The lowest BCUT2D eigenvalue weighted by atomic mass is 10.0. The lowest BCUT2D eigenvalue weighted by Gasteiger charge is -2.19. The van der Waals surface area contributed by atoms with Crippen molar-refractivity contribution in [3.63, 3.8) is 0 Å². The van der Waals surface area contributed by atoms with Crippen molar-refractivity contribution in [3.8, 4) is 0 Å². The van der Waals surface area contributed by atoms with Crippen LogP contribution in [0, 0.1) is 12.7 Å². The van der Waals surface area contributed by atoms with Gasteiger partial charge in [0.15, 0.2) is 0 Å². The van der Waals surface area contributed by atoms with Gasteiger partial charge in [-0.25, -0.2) is 4.39 Å². The van der Waals surface area contributed by atoms with E-state index in [-0.39, 0.29) is 24.3 Å². The Hall–Kier alpha value is -2.66. The average Bonchev–Trinajstić information content (AvgIpc) is 3.14. The van der Waals surface area contributed by atoms with Crippen molar-refractivity contribution in [3.05, 3.63) is 87.9 Å². The number of rotatable bonds is 6. The smallest absolute Gasteiger partial charge is 0.240 e. The second-order valence-electron chi connectivity index (χ2n) is 5.76. The Labute approximate surface area is 150 Å². The lowest BCUT2D eigenvalue weighted by Crippen LogP contribution is -2.33. The maximum atomic E-state index is 13.6. The summed E-state index contributed by atoms with van der Waals surface area (Å²) in [5, 5.41) is 7.86. The largest absolute Gasteiger partial charge is 0.374 e. The molecule has 3 nitrogen and oxygen atoms in total. The molecule has 0 bridgehead atoms. The van der Waals surface area contributed by atoms with Crippen molar-refractivity contribution < 1.29 is 9.18 Å². The highest BCUT2D eigenvalue weighted by atomic mass is 32.1. The monoisotopic (exact) mass is 354 g/mol. The molecule has 0 saturated carbocycles. The molecule has 1 heterocycles.